The summed E-state index contributed by atoms with van der Waals surface area (Å²) in [4.78, 5) is 1.11. The summed E-state index contributed by atoms with van der Waals surface area (Å²) in [5, 5.41) is 0. The van der Waals surface area contributed by atoms with E-state index in [1.807, 2.05) is 0 Å². The van der Waals surface area contributed by atoms with Crippen molar-refractivity contribution in [3.05, 3.63) is 11.0 Å². The van der Waals surface area contributed by atoms with Gasteiger partial charge in [0, 0.05) is 0 Å². The van der Waals surface area contributed by atoms with Crippen LogP contribution in [-0.2, 0) is 4.74 Å². The molecule has 0 bridgehead atoms. The molecule has 3 heteroatoms. The largest absolute Gasteiger partial charge is 0.465 e. The zero-order valence-corrected chi connectivity index (χ0v) is 7.33. The second-order valence-electron chi connectivity index (χ2n) is 2.63. The van der Waals surface area contributed by atoms with E-state index < -0.39 is 11.6 Å². The maximum absolute atomic E-state index is 12.2. The quantitative estimate of drug-likeness (QED) is 0.587. The van der Waals surface area contributed by atoms with E-state index in [-0.39, 0.29) is 0 Å². The maximum atomic E-state index is 12.2. The van der Waals surface area contributed by atoms with E-state index in [0.717, 1.165) is 4.99 Å². The predicted octanol–water partition coefficient (Wildman–Crippen LogP) is 2.96. The molecule has 1 nitrogen and oxygen atoms in total. The summed E-state index contributed by atoms with van der Waals surface area (Å²) in [6.45, 7) is 5.34. The van der Waals surface area contributed by atoms with Gasteiger partial charge in [0.05, 0.1) is 4.99 Å². The van der Waals surface area contributed by atoms with E-state index in [1.165, 1.54) is 0 Å². The van der Waals surface area contributed by atoms with Gasteiger partial charge in [-0.2, -0.15) is 4.39 Å². The van der Waals surface area contributed by atoms with Gasteiger partial charge in [-0.3, -0.25) is 0 Å². The van der Waals surface area contributed by atoms with Crippen LogP contribution in [-0.4, -0.2) is 5.60 Å². The SMILES string of the molecule is CC(C)(C)O/C(F)=C/Br. The molecule has 0 atom stereocenters. The van der Waals surface area contributed by atoms with Crippen LogP contribution in [0, 0.1) is 0 Å². The van der Waals surface area contributed by atoms with Gasteiger partial charge in [0.1, 0.15) is 5.60 Å². The number of rotatable bonds is 1. The van der Waals surface area contributed by atoms with E-state index >= 15 is 0 Å². The van der Waals surface area contributed by atoms with Crippen molar-refractivity contribution >= 4 is 15.9 Å². The molecule has 0 fully saturated rings. The summed E-state index contributed by atoms with van der Waals surface area (Å²) < 4.78 is 17.0. The van der Waals surface area contributed by atoms with Gasteiger partial charge in [-0.25, -0.2) is 0 Å². The number of hydrogen-bond donors (Lipinski definition) is 0. The topological polar surface area (TPSA) is 9.23 Å². The molecule has 0 amide bonds. The lowest BCUT2D eigenvalue weighted by Gasteiger charge is -2.18. The minimum Gasteiger partial charge on any atom is -0.465 e. The molecule has 54 valence electrons. The van der Waals surface area contributed by atoms with Crippen LogP contribution in [0.25, 0.3) is 0 Å². The van der Waals surface area contributed by atoms with Gasteiger partial charge in [-0.05, 0) is 20.8 Å². The Morgan fingerprint density at radius 2 is 2.00 bits per heavy atom. The summed E-state index contributed by atoms with van der Waals surface area (Å²) >= 11 is 2.81. The summed E-state index contributed by atoms with van der Waals surface area (Å²) in [6.07, 6.45) is 0. The van der Waals surface area contributed by atoms with Gasteiger partial charge in [0.15, 0.2) is 0 Å². The zero-order chi connectivity index (χ0) is 7.49. The number of hydrogen-bond acceptors (Lipinski definition) is 1. The molecule has 0 spiro atoms. The van der Waals surface area contributed by atoms with Crippen LogP contribution in [0.4, 0.5) is 4.39 Å². The normalized spacial score (nSPS) is 13.7. The molecule has 0 aliphatic heterocycles. The van der Waals surface area contributed by atoms with E-state index in [4.69, 9.17) is 4.74 Å². The Hall–Kier alpha value is -0.0500. The highest BCUT2D eigenvalue weighted by Gasteiger charge is 2.12. The first-order valence-electron chi connectivity index (χ1n) is 2.60. The molecular weight excluding hydrogens is 187 g/mol. The van der Waals surface area contributed by atoms with Crippen LogP contribution in [0.15, 0.2) is 11.0 Å². The Morgan fingerprint density at radius 1 is 1.56 bits per heavy atom. The highest BCUT2D eigenvalue weighted by Crippen LogP contribution is 2.14. The molecule has 0 saturated heterocycles. The fourth-order valence-corrected chi connectivity index (χ4v) is 0.408. The van der Waals surface area contributed by atoms with Crippen LogP contribution in [0.1, 0.15) is 20.8 Å². The Bertz CT molecular complexity index is 115. The predicted molar refractivity (Wildman–Crippen MR) is 39.0 cm³/mol. The highest BCUT2D eigenvalue weighted by molar-refractivity contribution is 9.11. The van der Waals surface area contributed by atoms with E-state index in [1.54, 1.807) is 20.8 Å². The van der Waals surface area contributed by atoms with Gasteiger partial charge in [-0.15, -0.1) is 0 Å². The van der Waals surface area contributed by atoms with Crippen LogP contribution in [0.3, 0.4) is 0 Å². The van der Waals surface area contributed by atoms with Crippen molar-refractivity contribution in [3.63, 3.8) is 0 Å². The molecule has 0 aliphatic carbocycles. The lowest BCUT2D eigenvalue weighted by Crippen LogP contribution is -2.17. The summed E-state index contributed by atoms with van der Waals surface area (Å²) in [6, 6.07) is -0.595. The molecule has 0 aromatic carbocycles. The Labute approximate surface area is 63.0 Å². The molecule has 0 aromatic rings. The molecule has 0 heterocycles. The van der Waals surface area contributed by atoms with Gasteiger partial charge in [0.25, 0.3) is 6.01 Å². The Morgan fingerprint density at radius 3 is 2.11 bits per heavy atom. The molecule has 0 unspecified atom stereocenters. The molecular formula is C6H10BrFO. The Kier molecular flexibility index (Phi) is 3.18. The number of ether oxygens (including phenoxy) is 1. The van der Waals surface area contributed by atoms with Crippen LogP contribution in [0.5, 0.6) is 0 Å². The van der Waals surface area contributed by atoms with Crippen molar-refractivity contribution in [1.29, 1.82) is 0 Å². The second kappa shape index (κ2) is 3.20. The smallest absolute Gasteiger partial charge is 0.280 e. The first-order chi connectivity index (χ1) is 3.95. The average Bonchev–Trinajstić information content (AvgIpc) is 1.62. The number of halogens is 2. The minimum atomic E-state index is -0.595. The molecule has 0 radical (unpaired) electrons. The zero-order valence-electron chi connectivity index (χ0n) is 5.74. The molecule has 0 saturated carbocycles. The summed E-state index contributed by atoms with van der Waals surface area (Å²) in [5.41, 5.74) is -0.450. The third-order valence-corrected chi connectivity index (χ3v) is 0.849. The second-order valence-corrected chi connectivity index (χ2v) is 3.09. The molecule has 0 aromatic heterocycles. The highest BCUT2D eigenvalue weighted by atomic mass is 79.9. The lowest BCUT2D eigenvalue weighted by molar-refractivity contribution is 0.0151. The van der Waals surface area contributed by atoms with Gasteiger partial charge >= 0.3 is 0 Å². The van der Waals surface area contributed by atoms with Gasteiger partial charge in [0.2, 0.25) is 0 Å². The van der Waals surface area contributed by atoms with Crippen molar-refractivity contribution in [3.8, 4) is 0 Å². The van der Waals surface area contributed by atoms with E-state index in [2.05, 4.69) is 15.9 Å². The molecule has 0 rings (SSSR count). The standard InChI is InChI=1S/C6H10BrFO/c1-6(2,3)9-5(8)4-7/h4H,1-3H3/b5-4+. The molecule has 9 heavy (non-hydrogen) atoms. The first kappa shape index (κ1) is 8.95. The van der Waals surface area contributed by atoms with Crippen molar-refractivity contribution in [1.82, 2.24) is 0 Å². The fourth-order valence-electron chi connectivity index (χ4n) is 0.315. The van der Waals surface area contributed by atoms with Crippen LogP contribution >= 0.6 is 15.9 Å². The van der Waals surface area contributed by atoms with Crippen molar-refractivity contribution < 1.29 is 9.13 Å². The first-order valence-corrected chi connectivity index (χ1v) is 3.52. The van der Waals surface area contributed by atoms with Crippen molar-refractivity contribution in [2.75, 3.05) is 0 Å². The summed E-state index contributed by atoms with van der Waals surface area (Å²) in [5.74, 6) is 0. The average molecular weight is 197 g/mol. The van der Waals surface area contributed by atoms with Crippen LogP contribution < -0.4 is 0 Å². The van der Waals surface area contributed by atoms with Crippen molar-refractivity contribution in [2.45, 2.75) is 26.4 Å². The van der Waals surface area contributed by atoms with Gasteiger partial charge in [-0.1, -0.05) is 15.9 Å². The van der Waals surface area contributed by atoms with Crippen molar-refractivity contribution in [2.24, 2.45) is 0 Å². The monoisotopic (exact) mass is 196 g/mol. The van der Waals surface area contributed by atoms with Gasteiger partial charge < -0.3 is 4.74 Å². The maximum Gasteiger partial charge on any atom is 0.280 e. The van der Waals surface area contributed by atoms with E-state index in [0.29, 0.717) is 0 Å². The minimum absolute atomic E-state index is 0.450. The lowest BCUT2D eigenvalue weighted by atomic mass is 10.2. The molecule has 0 aliphatic rings. The van der Waals surface area contributed by atoms with E-state index in [9.17, 15) is 4.39 Å². The fraction of sp³-hybridized carbons (Fsp3) is 0.667. The molecule has 0 N–H and O–H groups in total. The third-order valence-electron chi connectivity index (χ3n) is 0.489. The Balaban J connectivity index is 3.75. The van der Waals surface area contributed by atoms with Crippen LogP contribution in [0.2, 0.25) is 0 Å². The summed E-state index contributed by atoms with van der Waals surface area (Å²) in [7, 11) is 0. The third kappa shape index (κ3) is 5.83.